The highest BCUT2D eigenvalue weighted by Crippen LogP contribution is 2.64. The van der Waals surface area contributed by atoms with Crippen molar-refractivity contribution >= 4 is 11.8 Å². The maximum absolute atomic E-state index is 13.1. The molecule has 4 heteroatoms. The third-order valence-corrected chi connectivity index (χ3v) is 7.46. The number of hydrogen-bond donors (Lipinski definition) is 2. The third kappa shape index (κ3) is 2.18. The monoisotopic (exact) mass is 334 g/mol. The summed E-state index contributed by atoms with van der Waals surface area (Å²) in [7, 11) is 0. The number of carboxylic acids is 1. The van der Waals surface area contributed by atoms with Gasteiger partial charge in [0, 0.05) is 11.8 Å². The standard InChI is InChI=1S/C20H30O4/c1-5-19(4)10-7-13-12(11-19)14(21)15(22)16-18(2,3)8-6-9-20(13,16)17(23)24/h13,16,21H,5-11H2,1-4H3,(H,23,24). The van der Waals surface area contributed by atoms with Crippen LogP contribution < -0.4 is 0 Å². The van der Waals surface area contributed by atoms with Crippen LogP contribution in [0.4, 0.5) is 0 Å². The summed E-state index contributed by atoms with van der Waals surface area (Å²) in [6.45, 7) is 8.29. The van der Waals surface area contributed by atoms with E-state index in [1.165, 1.54) is 0 Å². The smallest absolute Gasteiger partial charge is 0.311 e. The Hall–Kier alpha value is -1.32. The van der Waals surface area contributed by atoms with Gasteiger partial charge in [0.25, 0.3) is 0 Å². The number of carbonyl (C=O) groups is 2. The summed E-state index contributed by atoms with van der Waals surface area (Å²) in [6.07, 6.45) is 5.55. The molecule has 0 aromatic rings. The molecule has 2 fully saturated rings. The zero-order valence-electron chi connectivity index (χ0n) is 15.3. The van der Waals surface area contributed by atoms with Gasteiger partial charge in [-0.05, 0) is 48.5 Å². The summed E-state index contributed by atoms with van der Waals surface area (Å²) in [6, 6.07) is 0. The molecule has 0 radical (unpaired) electrons. The number of allylic oxidation sites excluding steroid dienone is 2. The topological polar surface area (TPSA) is 74.6 Å². The molecule has 0 heterocycles. The SMILES string of the molecule is CCC1(C)CCC2C(=C(O)C(=O)C3C(C)(C)CCCC23C(=O)O)C1. The van der Waals surface area contributed by atoms with Crippen LogP contribution in [0.25, 0.3) is 0 Å². The molecule has 0 aromatic heterocycles. The number of carbonyl (C=O) groups excluding carboxylic acids is 1. The molecular formula is C20H30O4. The van der Waals surface area contributed by atoms with Gasteiger partial charge in [-0.15, -0.1) is 0 Å². The summed E-state index contributed by atoms with van der Waals surface area (Å²) in [5, 5.41) is 20.9. The van der Waals surface area contributed by atoms with E-state index in [1.807, 2.05) is 13.8 Å². The largest absolute Gasteiger partial charge is 0.504 e. The van der Waals surface area contributed by atoms with Crippen LogP contribution in [0.15, 0.2) is 11.3 Å². The fraction of sp³-hybridized carbons (Fsp3) is 0.800. The highest BCUT2D eigenvalue weighted by atomic mass is 16.4. The quantitative estimate of drug-likeness (QED) is 0.780. The molecule has 4 atom stereocenters. The van der Waals surface area contributed by atoms with E-state index in [4.69, 9.17) is 0 Å². The van der Waals surface area contributed by atoms with Crippen LogP contribution in [-0.2, 0) is 9.59 Å². The van der Waals surface area contributed by atoms with E-state index < -0.39 is 22.7 Å². The molecule has 0 spiro atoms. The van der Waals surface area contributed by atoms with Gasteiger partial charge < -0.3 is 10.2 Å². The van der Waals surface area contributed by atoms with Crippen molar-refractivity contribution < 1.29 is 19.8 Å². The first-order chi connectivity index (χ1) is 11.1. The average Bonchev–Trinajstić information content (AvgIpc) is 2.51. The van der Waals surface area contributed by atoms with Gasteiger partial charge in [-0.1, -0.05) is 40.5 Å². The lowest BCUT2D eigenvalue weighted by Crippen LogP contribution is -2.60. The number of hydrogen-bond acceptors (Lipinski definition) is 3. The van der Waals surface area contributed by atoms with Crippen LogP contribution in [0, 0.1) is 28.1 Å². The van der Waals surface area contributed by atoms with Crippen LogP contribution in [0.5, 0.6) is 0 Å². The lowest BCUT2D eigenvalue weighted by atomic mass is 9.44. The van der Waals surface area contributed by atoms with Gasteiger partial charge >= 0.3 is 5.97 Å². The van der Waals surface area contributed by atoms with Crippen molar-refractivity contribution in [2.75, 3.05) is 0 Å². The Morgan fingerprint density at radius 1 is 1.21 bits per heavy atom. The first-order valence-electron chi connectivity index (χ1n) is 9.29. The fourth-order valence-electron chi connectivity index (χ4n) is 5.92. The first kappa shape index (κ1) is 17.5. The summed E-state index contributed by atoms with van der Waals surface area (Å²) in [5.41, 5.74) is -0.641. The molecule has 3 aliphatic rings. The summed E-state index contributed by atoms with van der Waals surface area (Å²) < 4.78 is 0. The summed E-state index contributed by atoms with van der Waals surface area (Å²) >= 11 is 0. The summed E-state index contributed by atoms with van der Waals surface area (Å²) in [5.74, 6) is -2.10. The number of aliphatic carboxylic acids is 1. The van der Waals surface area contributed by atoms with Gasteiger partial charge in [-0.3, -0.25) is 9.59 Å². The van der Waals surface area contributed by atoms with E-state index >= 15 is 0 Å². The predicted molar refractivity (Wildman–Crippen MR) is 91.6 cm³/mol. The lowest BCUT2D eigenvalue weighted by molar-refractivity contribution is -0.175. The van der Waals surface area contributed by atoms with Crippen molar-refractivity contribution in [3.63, 3.8) is 0 Å². The minimum Gasteiger partial charge on any atom is -0.504 e. The van der Waals surface area contributed by atoms with E-state index in [-0.39, 0.29) is 22.9 Å². The molecule has 0 bridgehead atoms. The maximum Gasteiger partial charge on any atom is 0.311 e. The zero-order valence-corrected chi connectivity index (χ0v) is 15.3. The van der Waals surface area contributed by atoms with Gasteiger partial charge in [-0.25, -0.2) is 0 Å². The molecule has 2 saturated carbocycles. The molecule has 0 aromatic carbocycles. The van der Waals surface area contributed by atoms with Crippen LogP contribution in [0.2, 0.25) is 0 Å². The molecule has 3 aliphatic carbocycles. The van der Waals surface area contributed by atoms with Gasteiger partial charge in [0.05, 0.1) is 5.41 Å². The van der Waals surface area contributed by atoms with Crippen molar-refractivity contribution in [1.82, 2.24) is 0 Å². The van der Waals surface area contributed by atoms with Gasteiger partial charge in [0.2, 0.25) is 5.78 Å². The van der Waals surface area contributed by atoms with Gasteiger partial charge in [0.1, 0.15) is 0 Å². The van der Waals surface area contributed by atoms with Crippen molar-refractivity contribution in [1.29, 1.82) is 0 Å². The maximum atomic E-state index is 13.1. The zero-order chi connectivity index (χ0) is 17.9. The normalized spacial score (nSPS) is 41.6. The number of ketones is 1. The second-order valence-corrected chi connectivity index (χ2v) is 9.29. The summed E-state index contributed by atoms with van der Waals surface area (Å²) in [4.78, 5) is 25.5. The van der Waals surface area contributed by atoms with Crippen molar-refractivity contribution in [2.24, 2.45) is 28.1 Å². The van der Waals surface area contributed by atoms with Crippen molar-refractivity contribution in [3.8, 4) is 0 Å². The van der Waals surface area contributed by atoms with E-state index in [1.54, 1.807) is 0 Å². The molecule has 2 N–H and O–H groups in total. The molecule has 0 amide bonds. The molecule has 0 saturated heterocycles. The van der Waals surface area contributed by atoms with Crippen LogP contribution in [0.1, 0.15) is 72.6 Å². The van der Waals surface area contributed by atoms with E-state index in [2.05, 4.69) is 13.8 Å². The average molecular weight is 334 g/mol. The molecule has 4 nitrogen and oxygen atoms in total. The Morgan fingerprint density at radius 2 is 1.88 bits per heavy atom. The molecule has 24 heavy (non-hydrogen) atoms. The van der Waals surface area contributed by atoms with Gasteiger partial charge in [-0.2, -0.15) is 0 Å². The van der Waals surface area contributed by atoms with Crippen LogP contribution in [-0.4, -0.2) is 22.0 Å². The molecule has 4 unspecified atom stereocenters. The number of aliphatic hydroxyl groups excluding tert-OH is 1. The molecule has 0 aliphatic heterocycles. The number of aliphatic hydroxyl groups is 1. The highest BCUT2D eigenvalue weighted by molar-refractivity contribution is 6.02. The minimum absolute atomic E-state index is 0.0524. The highest BCUT2D eigenvalue weighted by Gasteiger charge is 2.65. The minimum atomic E-state index is -1.03. The molecule has 134 valence electrons. The number of carboxylic acid groups (broad SMARTS) is 1. The Morgan fingerprint density at radius 3 is 2.46 bits per heavy atom. The molecule has 3 rings (SSSR count). The van der Waals surface area contributed by atoms with E-state index in [9.17, 15) is 19.8 Å². The predicted octanol–water partition coefficient (Wildman–Crippen LogP) is 4.49. The van der Waals surface area contributed by atoms with Crippen LogP contribution in [0.3, 0.4) is 0 Å². The Kier molecular flexibility index (Phi) is 3.89. The number of rotatable bonds is 2. The Bertz CT molecular complexity index is 617. The van der Waals surface area contributed by atoms with E-state index in [0.717, 1.165) is 37.7 Å². The van der Waals surface area contributed by atoms with Crippen molar-refractivity contribution in [2.45, 2.75) is 72.6 Å². The Balaban J connectivity index is 2.19. The number of fused-ring (bicyclic) bond motifs is 3. The first-order valence-corrected chi connectivity index (χ1v) is 9.29. The van der Waals surface area contributed by atoms with Crippen LogP contribution >= 0.6 is 0 Å². The second-order valence-electron chi connectivity index (χ2n) is 9.29. The Labute approximate surface area is 144 Å². The van der Waals surface area contributed by atoms with Gasteiger partial charge in [0.15, 0.2) is 5.76 Å². The third-order valence-electron chi connectivity index (χ3n) is 7.46. The second kappa shape index (κ2) is 5.34. The lowest BCUT2D eigenvalue weighted by Gasteiger charge is -2.57. The van der Waals surface area contributed by atoms with Crippen molar-refractivity contribution in [3.05, 3.63) is 11.3 Å². The fourth-order valence-corrected chi connectivity index (χ4v) is 5.92. The number of Topliss-reactive ketones (excluding diaryl/α,β-unsaturated/α-hetero) is 1. The molecular weight excluding hydrogens is 304 g/mol. The van der Waals surface area contributed by atoms with E-state index in [0.29, 0.717) is 12.8 Å².